The summed E-state index contributed by atoms with van der Waals surface area (Å²) >= 11 is 0. The Kier molecular flexibility index (Phi) is 8.64. The molecule has 0 N–H and O–H groups in total. The number of methoxy groups -OCH3 is 1. The molecule has 3 aromatic carbocycles. The molecular weight excluding hydrogens is 528 g/mol. The van der Waals surface area contributed by atoms with Crippen molar-refractivity contribution < 1.29 is 32.2 Å². The van der Waals surface area contributed by atoms with E-state index in [0.717, 1.165) is 47.6 Å². The van der Waals surface area contributed by atoms with Gasteiger partial charge in [0.1, 0.15) is 33.7 Å². The summed E-state index contributed by atoms with van der Waals surface area (Å²) in [5, 5.41) is 0. The number of benzene rings is 3. The molecule has 2 aliphatic rings. The van der Waals surface area contributed by atoms with Gasteiger partial charge in [-0.1, -0.05) is 31.2 Å². The Bertz CT molecular complexity index is 1480. The summed E-state index contributed by atoms with van der Waals surface area (Å²) in [4.78, 5) is 11.7. The van der Waals surface area contributed by atoms with Crippen molar-refractivity contribution in [1.82, 2.24) is 0 Å². The molecule has 5 rings (SSSR count). The molecule has 1 aliphatic carbocycles. The van der Waals surface area contributed by atoms with E-state index in [-0.39, 0.29) is 23.4 Å². The highest BCUT2D eigenvalue weighted by atomic mass is 32.2. The predicted octanol–water partition coefficient (Wildman–Crippen LogP) is 5.66. The Morgan fingerprint density at radius 3 is 2.58 bits per heavy atom. The van der Waals surface area contributed by atoms with Crippen molar-refractivity contribution in [1.29, 1.82) is 0 Å². The first kappa shape index (κ1) is 28.0. The number of aryl methyl sites for hydroxylation is 2. The lowest BCUT2D eigenvalue weighted by Gasteiger charge is -2.14. The molecule has 0 amide bonds. The maximum Gasteiger partial charge on any atom is 0.306 e. The van der Waals surface area contributed by atoms with Gasteiger partial charge in [-0.3, -0.25) is 4.79 Å². The minimum absolute atomic E-state index is 0.00395. The van der Waals surface area contributed by atoms with Crippen molar-refractivity contribution in [3.63, 3.8) is 0 Å². The van der Waals surface area contributed by atoms with Crippen LogP contribution in [0.4, 0.5) is 0 Å². The summed E-state index contributed by atoms with van der Waals surface area (Å²) < 4.78 is 46.1. The van der Waals surface area contributed by atoms with Crippen molar-refractivity contribution in [3.05, 3.63) is 76.9 Å². The molecule has 0 radical (unpaired) electrons. The van der Waals surface area contributed by atoms with E-state index in [2.05, 4.69) is 30.3 Å². The molecule has 0 fully saturated rings. The van der Waals surface area contributed by atoms with Gasteiger partial charge in [-0.05, 0) is 77.8 Å². The Morgan fingerprint density at radius 2 is 1.75 bits per heavy atom. The van der Waals surface area contributed by atoms with Crippen molar-refractivity contribution >= 4 is 15.8 Å². The third kappa shape index (κ3) is 6.61. The maximum absolute atomic E-state index is 11.7. The summed E-state index contributed by atoms with van der Waals surface area (Å²) in [5.41, 5.74) is 7.08. The molecule has 40 heavy (non-hydrogen) atoms. The maximum atomic E-state index is 11.7. The normalized spacial score (nSPS) is 15.7. The van der Waals surface area contributed by atoms with Gasteiger partial charge in [-0.15, -0.1) is 0 Å². The zero-order valence-corrected chi connectivity index (χ0v) is 23.9. The molecule has 0 aromatic heterocycles. The fourth-order valence-corrected chi connectivity index (χ4v) is 6.21. The standard InChI is InChI=1S/C32H36O7S/c1-3-40(34,35)15-5-14-37-26-10-12-28-24(17-26)7-4-6-23-9-8-22(16-30(23)28)20-38-27-11-13-29-25(18-32(33)36-2)21-39-31(29)19-27/h8-13,16-17,19,25H,3-7,14-15,18,20-21H2,1-2H3/t25-/m1/s1. The van der Waals surface area contributed by atoms with Crippen molar-refractivity contribution in [2.45, 2.75) is 51.6 Å². The van der Waals surface area contributed by atoms with E-state index in [4.69, 9.17) is 18.9 Å². The fourth-order valence-electron chi connectivity index (χ4n) is 5.36. The van der Waals surface area contributed by atoms with E-state index in [1.807, 2.05) is 24.3 Å². The van der Waals surface area contributed by atoms with Gasteiger partial charge in [0.05, 0.1) is 32.5 Å². The number of sulfone groups is 1. The minimum Gasteiger partial charge on any atom is -0.494 e. The van der Waals surface area contributed by atoms with Crippen LogP contribution in [0.3, 0.4) is 0 Å². The average Bonchev–Trinajstić information content (AvgIpc) is 3.26. The monoisotopic (exact) mass is 564 g/mol. The summed E-state index contributed by atoms with van der Waals surface area (Å²) in [7, 11) is -1.58. The zero-order valence-electron chi connectivity index (χ0n) is 23.1. The predicted molar refractivity (Wildman–Crippen MR) is 154 cm³/mol. The van der Waals surface area contributed by atoms with Gasteiger partial charge in [-0.2, -0.15) is 0 Å². The molecule has 0 saturated heterocycles. The van der Waals surface area contributed by atoms with Crippen molar-refractivity contribution in [2.75, 3.05) is 31.8 Å². The lowest BCUT2D eigenvalue weighted by Crippen LogP contribution is -2.11. The van der Waals surface area contributed by atoms with E-state index in [0.29, 0.717) is 32.7 Å². The van der Waals surface area contributed by atoms with Crippen LogP contribution in [0.5, 0.6) is 17.2 Å². The number of fused-ring (bicyclic) bond motifs is 4. The van der Waals surface area contributed by atoms with Crippen LogP contribution in [-0.2, 0) is 38.8 Å². The highest BCUT2D eigenvalue weighted by molar-refractivity contribution is 7.91. The van der Waals surface area contributed by atoms with Crippen LogP contribution in [0.15, 0.2) is 54.6 Å². The van der Waals surface area contributed by atoms with Crippen LogP contribution in [0.2, 0.25) is 0 Å². The number of esters is 1. The van der Waals surface area contributed by atoms with Crippen molar-refractivity contribution in [3.8, 4) is 28.4 Å². The second kappa shape index (κ2) is 12.3. The van der Waals surface area contributed by atoms with Gasteiger partial charge >= 0.3 is 5.97 Å². The molecule has 212 valence electrons. The van der Waals surface area contributed by atoms with Gasteiger partial charge < -0.3 is 18.9 Å². The number of hydrogen-bond donors (Lipinski definition) is 0. The third-order valence-corrected chi connectivity index (χ3v) is 9.44. The van der Waals surface area contributed by atoms with Gasteiger partial charge in [0.25, 0.3) is 0 Å². The van der Waals surface area contributed by atoms with Crippen LogP contribution in [0.1, 0.15) is 54.4 Å². The van der Waals surface area contributed by atoms with E-state index >= 15 is 0 Å². The third-order valence-electron chi connectivity index (χ3n) is 7.65. The minimum atomic E-state index is -2.98. The number of hydrogen-bond acceptors (Lipinski definition) is 7. The molecular formula is C32H36O7S. The van der Waals surface area contributed by atoms with Crippen LogP contribution < -0.4 is 14.2 Å². The number of rotatable bonds is 11. The Hall–Kier alpha value is -3.52. The fraction of sp³-hybridized carbons (Fsp3) is 0.406. The summed E-state index contributed by atoms with van der Waals surface area (Å²) in [6.45, 7) is 2.95. The number of ether oxygens (including phenoxy) is 4. The summed E-state index contributed by atoms with van der Waals surface area (Å²) in [6.07, 6.45) is 3.82. The molecule has 0 saturated carbocycles. The topological polar surface area (TPSA) is 88.1 Å². The molecule has 1 aliphatic heterocycles. The Morgan fingerprint density at radius 1 is 0.950 bits per heavy atom. The first-order valence-electron chi connectivity index (χ1n) is 13.9. The first-order valence-corrected chi connectivity index (χ1v) is 15.7. The van der Waals surface area contributed by atoms with E-state index in [1.165, 1.54) is 29.4 Å². The second-order valence-electron chi connectivity index (χ2n) is 10.4. The van der Waals surface area contributed by atoms with Gasteiger partial charge in [0.15, 0.2) is 0 Å². The highest BCUT2D eigenvalue weighted by Gasteiger charge is 2.27. The Balaban J connectivity index is 1.25. The van der Waals surface area contributed by atoms with E-state index in [9.17, 15) is 13.2 Å². The quantitative estimate of drug-likeness (QED) is 0.219. The lowest BCUT2D eigenvalue weighted by atomic mass is 9.95. The molecule has 7 nitrogen and oxygen atoms in total. The van der Waals surface area contributed by atoms with Crippen molar-refractivity contribution in [2.24, 2.45) is 0 Å². The molecule has 1 heterocycles. The highest BCUT2D eigenvalue weighted by Crippen LogP contribution is 2.39. The van der Waals surface area contributed by atoms with Gasteiger partial charge in [-0.25, -0.2) is 8.42 Å². The number of carbonyl (C=O) groups is 1. The largest absolute Gasteiger partial charge is 0.494 e. The zero-order chi connectivity index (χ0) is 28.1. The molecule has 3 aromatic rings. The molecule has 0 spiro atoms. The molecule has 0 bridgehead atoms. The van der Waals surface area contributed by atoms with Crippen LogP contribution in [0.25, 0.3) is 11.1 Å². The lowest BCUT2D eigenvalue weighted by molar-refractivity contribution is -0.141. The first-order chi connectivity index (χ1) is 19.3. The second-order valence-corrected chi connectivity index (χ2v) is 12.9. The molecule has 0 unspecified atom stereocenters. The summed E-state index contributed by atoms with van der Waals surface area (Å²) in [5.74, 6) is 2.34. The van der Waals surface area contributed by atoms with Crippen LogP contribution in [-0.4, -0.2) is 46.2 Å². The smallest absolute Gasteiger partial charge is 0.306 e. The van der Waals surface area contributed by atoms with Crippen LogP contribution in [0, 0.1) is 0 Å². The van der Waals surface area contributed by atoms with Gasteiger partial charge in [0.2, 0.25) is 0 Å². The van der Waals surface area contributed by atoms with Crippen LogP contribution >= 0.6 is 0 Å². The SMILES string of the molecule is CCS(=O)(=O)CCCOc1ccc2c(c1)CCCc1ccc(COc3ccc4c(c3)OC[C@H]4CC(=O)OC)cc1-2. The molecule has 8 heteroatoms. The Labute approximate surface area is 236 Å². The van der Waals surface area contributed by atoms with Gasteiger partial charge in [0, 0.05) is 23.3 Å². The average molecular weight is 565 g/mol. The van der Waals surface area contributed by atoms with E-state index < -0.39 is 9.84 Å². The molecule has 1 atom stereocenters. The number of carbonyl (C=O) groups excluding carboxylic acids is 1. The van der Waals surface area contributed by atoms with E-state index in [1.54, 1.807) is 6.92 Å². The summed E-state index contributed by atoms with van der Waals surface area (Å²) in [6, 6.07) is 18.5.